The molecule has 0 unspecified atom stereocenters. The third-order valence-corrected chi connectivity index (χ3v) is 2.90. The summed E-state index contributed by atoms with van der Waals surface area (Å²) in [5, 5.41) is 2.51. The molecule has 0 aliphatic carbocycles. The topological polar surface area (TPSA) is 42.2 Å². The van der Waals surface area contributed by atoms with Gasteiger partial charge in [0.15, 0.2) is 4.67 Å². The van der Waals surface area contributed by atoms with Crippen LogP contribution in [0.4, 0.5) is 10.1 Å². The number of amides is 1. The van der Waals surface area contributed by atoms with Crippen molar-refractivity contribution in [1.29, 1.82) is 0 Å². The smallest absolute Gasteiger partial charge is 0.248 e. The van der Waals surface area contributed by atoms with Crippen molar-refractivity contribution in [2.45, 2.75) is 0 Å². The lowest BCUT2D eigenvalue weighted by Gasteiger charge is -2.02. The number of furan rings is 1. The van der Waals surface area contributed by atoms with E-state index in [0.29, 0.717) is 16.1 Å². The van der Waals surface area contributed by atoms with Crippen LogP contribution in [0.5, 0.6) is 0 Å². The van der Waals surface area contributed by atoms with Gasteiger partial charge in [0.2, 0.25) is 5.91 Å². The zero-order chi connectivity index (χ0) is 13.8. The molecule has 3 nitrogen and oxygen atoms in total. The molecular formula is C13H8BrClFNO2. The fourth-order valence-corrected chi connectivity index (χ4v) is 1.83. The first-order valence-corrected chi connectivity index (χ1v) is 6.41. The summed E-state index contributed by atoms with van der Waals surface area (Å²) in [6, 6.07) is 7.38. The predicted octanol–water partition coefficient (Wildman–Crippen LogP) is 4.49. The van der Waals surface area contributed by atoms with Gasteiger partial charge in [-0.25, -0.2) is 4.39 Å². The summed E-state index contributed by atoms with van der Waals surface area (Å²) in [5.74, 6) is -0.356. The minimum Gasteiger partial charge on any atom is -0.450 e. The van der Waals surface area contributed by atoms with E-state index in [2.05, 4.69) is 21.2 Å². The van der Waals surface area contributed by atoms with Gasteiger partial charge in [-0.05, 0) is 52.3 Å². The van der Waals surface area contributed by atoms with Crippen molar-refractivity contribution in [3.63, 3.8) is 0 Å². The summed E-state index contributed by atoms with van der Waals surface area (Å²) in [4.78, 5) is 11.6. The molecule has 1 heterocycles. The van der Waals surface area contributed by atoms with Crippen LogP contribution in [-0.2, 0) is 4.79 Å². The van der Waals surface area contributed by atoms with E-state index in [9.17, 15) is 9.18 Å². The Morgan fingerprint density at radius 3 is 2.79 bits per heavy atom. The molecule has 1 aromatic heterocycles. The second-order valence-corrected chi connectivity index (χ2v) is 4.78. The minimum absolute atomic E-state index is 0.0447. The van der Waals surface area contributed by atoms with Crippen LogP contribution >= 0.6 is 27.5 Å². The highest BCUT2D eigenvalue weighted by Crippen LogP contribution is 2.19. The number of hydrogen-bond donors (Lipinski definition) is 1. The number of carbonyl (C=O) groups excluding carboxylic acids is 1. The Labute approximate surface area is 122 Å². The molecule has 1 amide bonds. The summed E-state index contributed by atoms with van der Waals surface area (Å²) in [6.45, 7) is 0. The van der Waals surface area contributed by atoms with Gasteiger partial charge in [-0.3, -0.25) is 4.79 Å². The molecule has 0 bridgehead atoms. The molecule has 0 aliphatic rings. The number of benzene rings is 1. The van der Waals surface area contributed by atoms with E-state index in [1.807, 2.05) is 0 Å². The molecule has 0 saturated heterocycles. The molecule has 1 aromatic carbocycles. The molecule has 0 atom stereocenters. The Morgan fingerprint density at radius 1 is 1.37 bits per heavy atom. The van der Waals surface area contributed by atoms with Gasteiger partial charge in [0.25, 0.3) is 0 Å². The van der Waals surface area contributed by atoms with E-state index in [0.717, 1.165) is 0 Å². The Kier molecular flexibility index (Phi) is 4.39. The van der Waals surface area contributed by atoms with E-state index in [4.69, 9.17) is 16.0 Å². The van der Waals surface area contributed by atoms with Crippen LogP contribution < -0.4 is 5.32 Å². The minimum atomic E-state index is -0.532. The van der Waals surface area contributed by atoms with Crippen molar-refractivity contribution in [2.24, 2.45) is 0 Å². The number of halogens is 3. The highest BCUT2D eigenvalue weighted by Gasteiger charge is 2.03. The molecule has 0 saturated carbocycles. The molecule has 0 spiro atoms. The van der Waals surface area contributed by atoms with Crippen LogP contribution in [-0.4, -0.2) is 5.91 Å². The lowest BCUT2D eigenvalue weighted by Crippen LogP contribution is -2.07. The average molecular weight is 345 g/mol. The Bertz CT molecular complexity index is 639. The fraction of sp³-hybridized carbons (Fsp3) is 0. The Morgan fingerprint density at radius 2 is 2.16 bits per heavy atom. The van der Waals surface area contributed by atoms with Crippen molar-refractivity contribution < 1.29 is 13.6 Å². The maximum atomic E-state index is 12.9. The Hall–Kier alpha value is -1.59. The third kappa shape index (κ3) is 3.94. The lowest BCUT2D eigenvalue weighted by molar-refractivity contribution is -0.111. The van der Waals surface area contributed by atoms with Gasteiger partial charge in [0, 0.05) is 11.8 Å². The summed E-state index contributed by atoms with van der Waals surface area (Å²) in [7, 11) is 0. The number of nitrogens with one attached hydrogen (secondary N) is 1. The van der Waals surface area contributed by atoms with Crippen LogP contribution in [0.3, 0.4) is 0 Å². The maximum Gasteiger partial charge on any atom is 0.248 e. The summed E-state index contributed by atoms with van der Waals surface area (Å²) in [6.07, 6.45) is 2.83. The van der Waals surface area contributed by atoms with Crippen molar-refractivity contribution in [3.8, 4) is 0 Å². The van der Waals surface area contributed by atoms with Gasteiger partial charge in [0.05, 0.1) is 5.02 Å². The van der Waals surface area contributed by atoms with Gasteiger partial charge < -0.3 is 9.73 Å². The number of anilines is 1. The molecule has 6 heteroatoms. The van der Waals surface area contributed by atoms with Crippen LogP contribution in [0.25, 0.3) is 6.08 Å². The number of hydrogen-bond acceptors (Lipinski definition) is 2. The molecular weight excluding hydrogens is 337 g/mol. The molecule has 19 heavy (non-hydrogen) atoms. The van der Waals surface area contributed by atoms with Crippen LogP contribution in [0, 0.1) is 5.82 Å². The largest absolute Gasteiger partial charge is 0.450 e. The van der Waals surface area contributed by atoms with Gasteiger partial charge in [-0.2, -0.15) is 0 Å². The van der Waals surface area contributed by atoms with Gasteiger partial charge in [-0.1, -0.05) is 11.6 Å². The van der Waals surface area contributed by atoms with Crippen LogP contribution in [0.15, 0.2) is 45.5 Å². The monoisotopic (exact) mass is 343 g/mol. The second-order valence-electron chi connectivity index (χ2n) is 3.59. The normalized spacial score (nSPS) is 10.9. The van der Waals surface area contributed by atoms with Crippen molar-refractivity contribution in [3.05, 3.63) is 57.7 Å². The van der Waals surface area contributed by atoms with Gasteiger partial charge >= 0.3 is 0 Å². The zero-order valence-electron chi connectivity index (χ0n) is 9.49. The predicted molar refractivity (Wildman–Crippen MR) is 75.5 cm³/mol. The maximum absolute atomic E-state index is 12.9. The first-order valence-electron chi connectivity index (χ1n) is 5.24. The van der Waals surface area contributed by atoms with Crippen molar-refractivity contribution >= 4 is 45.2 Å². The second kappa shape index (κ2) is 6.04. The van der Waals surface area contributed by atoms with E-state index in [-0.39, 0.29) is 10.9 Å². The quantitative estimate of drug-likeness (QED) is 0.834. The zero-order valence-corrected chi connectivity index (χ0v) is 11.8. The number of carbonyl (C=O) groups is 1. The third-order valence-electron chi connectivity index (χ3n) is 2.18. The average Bonchev–Trinajstić information content (AvgIpc) is 2.77. The molecule has 0 fully saturated rings. The Balaban J connectivity index is 2.01. The molecule has 98 valence electrons. The fourth-order valence-electron chi connectivity index (χ4n) is 1.33. The van der Waals surface area contributed by atoms with Crippen LogP contribution in [0.1, 0.15) is 5.76 Å². The summed E-state index contributed by atoms with van der Waals surface area (Å²) >= 11 is 8.76. The van der Waals surface area contributed by atoms with Gasteiger partial charge in [-0.15, -0.1) is 0 Å². The van der Waals surface area contributed by atoms with E-state index in [1.54, 1.807) is 12.1 Å². The highest BCUT2D eigenvalue weighted by atomic mass is 79.9. The highest BCUT2D eigenvalue weighted by molar-refractivity contribution is 9.10. The van der Waals surface area contributed by atoms with E-state index in [1.165, 1.54) is 30.4 Å². The standard InChI is InChI=1S/C13H8BrClFNO2/c14-12-5-2-9(19-12)3-6-13(18)17-8-1-4-11(16)10(15)7-8/h1-7H,(H,17,18)/b6-3+. The molecule has 0 aliphatic heterocycles. The first-order chi connectivity index (χ1) is 9.04. The first kappa shape index (κ1) is 13.8. The molecule has 2 aromatic rings. The number of rotatable bonds is 3. The van der Waals surface area contributed by atoms with Crippen molar-refractivity contribution in [2.75, 3.05) is 5.32 Å². The van der Waals surface area contributed by atoms with E-state index < -0.39 is 5.82 Å². The summed E-state index contributed by atoms with van der Waals surface area (Å²) < 4.78 is 18.7. The lowest BCUT2D eigenvalue weighted by atomic mass is 10.3. The van der Waals surface area contributed by atoms with Gasteiger partial charge in [0.1, 0.15) is 11.6 Å². The van der Waals surface area contributed by atoms with Crippen molar-refractivity contribution in [1.82, 2.24) is 0 Å². The van der Waals surface area contributed by atoms with E-state index >= 15 is 0 Å². The SMILES string of the molecule is O=C(/C=C/c1ccc(Br)o1)Nc1ccc(F)c(Cl)c1. The molecule has 1 N–H and O–H groups in total. The molecule has 0 radical (unpaired) electrons. The summed E-state index contributed by atoms with van der Waals surface area (Å²) in [5.41, 5.74) is 0.418. The molecule has 2 rings (SSSR count). The van der Waals surface area contributed by atoms with Crippen LogP contribution in [0.2, 0.25) is 5.02 Å².